The summed E-state index contributed by atoms with van der Waals surface area (Å²) in [6.45, 7) is 0. The highest BCUT2D eigenvalue weighted by atomic mass is 35.5. The topological polar surface area (TPSA) is 107 Å². The molecule has 1 aliphatic carbocycles. The lowest BCUT2D eigenvalue weighted by atomic mass is 9.66. The van der Waals surface area contributed by atoms with Gasteiger partial charge in [0.25, 0.3) is 5.91 Å². The van der Waals surface area contributed by atoms with E-state index >= 15 is 0 Å². The molecule has 0 aliphatic heterocycles. The number of phenols is 1. The van der Waals surface area contributed by atoms with E-state index in [1.54, 1.807) is 36.4 Å². The molecular formula is C20H21BClNO5. The van der Waals surface area contributed by atoms with Gasteiger partial charge < -0.3 is 20.5 Å². The minimum Gasteiger partial charge on any atom is -0.508 e. The lowest BCUT2D eigenvalue weighted by Gasteiger charge is -2.21. The van der Waals surface area contributed by atoms with Gasteiger partial charge in [0, 0.05) is 22.8 Å². The number of rotatable bonds is 8. The number of carbonyl (C=O) groups is 2. The summed E-state index contributed by atoms with van der Waals surface area (Å²) in [6, 6.07) is 12.8. The first kappa shape index (κ1) is 20.4. The number of hydrogen-bond acceptors (Lipinski definition) is 5. The van der Waals surface area contributed by atoms with E-state index in [-0.39, 0.29) is 30.3 Å². The van der Waals surface area contributed by atoms with Crippen molar-refractivity contribution >= 4 is 30.4 Å². The highest BCUT2D eigenvalue weighted by Gasteiger charge is 2.51. The first-order valence-electron chi connectivity index (χ1n) is 9.04. The standard InChI is InChI=1S/C20H21BClNO5/c22-16-6-4-14(5-7-16)19(26)23-20(8-9-20)18(25)12-15(21(27)28)10-13-2-1-3-17(24)11-13/h1-7,11,15,24,27-28H,8-10,12H2,(H,23,26)/t15-/m1/s1. The molecule has 0 aromatic heterocycles. The molecule has 28 heavy (non-hydrogen) atoms. The van der Waals surface area contributed by atoms with E-state index in [9.17, 15) is 24.7 Å². The van der Waals surface area contributed by atoms with Crippen LogP contribution < -0.4 is 5.32 Å². The van der Waals surface area contributed by atoms with Crippen LogP contribution in [-0.2, 0) is 11.2 Å². The number of carbonyl (C=O) groups excluding carboxylic acids is 2. The number of hydrogen-bond donors (Lipinski definition) is 4. The van der Waals surface area contributed by atoms with E-state index in [1.165, 1.54) is 12.1 Å². The summed E-state index contributed by atoms with van der Waals surface area (Å²) in [5.41, 5.74) is 0.144. The van der Waals surface area contributed by atoms with Crippen molar-refractivity contribution in [3.63, 3.8) is 0 Å². The Morgan fingerprint density at radius 2 is 1.82 bits per heavy atom. The van der Waals surface area contributed by atoms with Crippen LogP contribution in [0.2, 0.25) is 10.8 Å². The Bertz CT molecular complexity index is 867. The highest BCUT2D eigenvalue weighted by molar-refractivity contribution is 6.43. The third kappa shape index (κ3) is 4.92. The number of Topliss-reactive ketones (excluding diaryl/α,β-unsaturated/α-hetero) is 1. The molecule has 1 aliphatic rings. The van der Waals surface area contributed by atoms with Crippen molar-refractivity contribution in [3.8, 4) is 5.75 Å². The summed E-state index contributed by atoms with van der Waals surface area (Å²) < 4.78 is 0. The van der Waals surface area contributed by atoms with E-state index in [0.29, 0.717) is 29.0 Å². The fourth-order valence-corrected chi connectivity index (χ4v) is 3.32. The van der Waals surface area contributed by atoms with E-state index < -0.39 is 18.5 Å². The monoisotopic (exact) mass is 401 g/mol. The molecule has 0 bridgehead atoms. The van der Waals surface area contributed by atoms with Gasteiger partial charge in [0.15, 0.2) is 5.78 Å². The molecule has 1 fully saturated rings. The van der Waals surface area contributed by atoms with Gasteiger partial charge in [0.1, 0.15) is 5.75 Å². The van der Waals surface area contributed by atoms with Crippen LogP contribution in [0.5, 0.6) is 5.75 Å². The molecule has 2 aromatic carbocycles. The van der Waals surface area contributed by atoms with E-state index in [1.807, 2.05) is 0 Å². The maximum atomic E-state index is 12.8. The number of amides is 1. The molecule has 1 amide bonds. The van der Waals surface area contributed by atoms with Gasteiger partial charge in [0.05, 0.1) is 5.54 Å². The van der Waals surface area contributed by atoms with Gasteiger partial charge >= 0.3 is 7.12 Å². The number of halogens is 1. The van der Waals surface area contributed by atoms with Crippen LogP contribution in [-0.4, -0.2) is 39.5 Å². The van der Waals surface area contributed by atoms with E-state index in [0.717, 1.165) is 0 Å². The van der Waals surface area contributed by atoms with Crippen LogP contribution >= 0.6 is 11.6 Å². The van der Waals surface area contributed by atoms with Gasteiger partial charge in [-0.15, -0.1) is 0 Å². The summed E-state index contributed by atoms with van der Waals surface area (Å²) in [4.78, 5) is 25.2. The second-order valence-electron chi connectivity index (χ2n) is 7.22. The Labute approximate surface area is 168 Å². The molecule has 4 N–H and O–H groups in total. The van der Waals surface area contributed by atoms with E-state index in [4.69, 9.17) is 11.6 Å². The SMILES string of the molecule is O=C(NC1(C(=O)C[C@@H](Cc2cccc(O)c2)B(O)O)CC1)c1ccc(Cl)cc1. The highest BCUT2D eigenvalue weighted by Crippen LogP contribution is 2.39. The van der Waals surface area contributed by atoms with Crippen LogP contribution in [0.15, 0.2) is 48.5 Å². The molecular weight excluding hydrogens is 380 g/mol. The minimum atomic E-state index is -1.69. The maximum absolute atomic E-state index is 12.8. The van der Waals surface area contributed by atoms with E-state index in [2.05, 4.69) is 5.32 Å². The Morgan fingerprint density at radius 1 is 1.14 bits per heavy atom. The van der Waals surface area contributed by atoms with Crippen molar-refractivity contribution in [2.24, 2.45) is 0 Å². The molecule has 6 nitrogen and oxygen atoms in total. The number of ketones is 1. The number of phenolic OH excluding ortho intramolecular Hbond substituents is 1. The third-order valence-electron chi connectivity index (χ3n) is 5.02. The van der Waals surface area contributed by atoms with Crippen molar-refractivity contribution < 1.29 is 24.7 Å². The molecule has 0 unspecified atom stereocenters. The average Bonchev–Trinajstić information content (AvgIpc) is 3.42. The average molecular weight is 402 g/mol. The number of nitrogens with one attached hydrogen (secondary N) is 1. The fraction of sp³-hybridized carbons (Fsp3) is 0.300. The first-order valence-corrected chi connectivity index (χ1v) is 9.42. The molecule has 0 heterocycles. The summed E-state index contributed by atoms with van der Waals surface area (Å²) in [5.74, 6) is -1.26. The van der Waals surface area contributed by atoms with Gasteiger partial charge in [-0.05, 0) is 61.2 Å². The van der Waals surface area contributed by atoms with Crippen LogP contribution in [0, 0.1) is 0 Å². The Kier molecular flexibility index (Phi) is 6.08. The van der Waals surface area contributed by atoms with Crippen LogP contribution in [0.3, 0.4) is 0 Å². The number of benzene rings is 2. The van der Waals surface area contributed by atoms with Crippen molar-refractivity contribution in [3.05, 3.63) is 64.7 Å². The molecule has 146 valence electrons. The smallest absolute Gasteiger partial charge is 0.455 e. The predicted molar refractivity (Wildman–Crippen MR) is 106 cm³/mol. The summed E-state index contributed by atoms with van der Waals surface area (Å²) in [6.07, 6.45) is 1.17. The molecule has 3 rings (SSSR count). The Balaban J connectivity index is 1.65. The Hall–Kier alpha value is -2.35. The summed E-state index contributed by atoms with van der Waals surface area (Å²) >= 11 is 5.83. The maximum Gasteiger partial charge on any atom is 0.455 e. The number of aromatic hydroxyl groups is 1. The van der Waals surface area contributed by atoms with Gasteiger partial charge in [-0.25, -0.2) is 0 Å². The molecule has 1 saturated carbocycles. The van der Waals surface area contributed by atoms with Gasteiger partial charge in [-0.2, -0.15) is 0 Å². The van der Waals surface area contributed by atoms with Crippen molar-refractivity contribution in [2.75, 3.05) is 0 Å². The van der Waals surface area contributed by atoms with Gasteiger partial charge in [0.2, 0.25) is 0 Å². The summed E-state index contributed by atoms with van der Waals surface area (Å²) in [5, 5.41) is 32.3. The lowest BCUT2D eigenvalue weighted by Crippen LogP contribution is -2.44. The normalized spacial score (nSPS) is 15.5. The first-order chi connectivity index (χ1) is 13.3. The summed E-state index contributed by atoms with van der Waals surface area (Å²) in [7, 11) is -1.69. The molecule has 1 atom stereocenters. The zero-order chi connectivity index (χ0) is 20.3. The van der Waals surface area contributed by atoms with Crippen LogP contribution in [0.1, 0.15) is 35.2 Å². The predicted octanol–water partition coefficient (Wildman–Crippen LogP) is 2.35. The quantitative estimate of drug-likeness (QED) is 0.508. The van der Waals surface area contributed by atoms with Crippen molar-refractivity contribution in [1.29, 1.82) is 0 Å². The Morgan fingerprint density at radius 3 is 2.39 bits per heavy atom. The van der Waals surface area contributed by atoms with Crippen molar-refractivity contribution in [2.45, 2.75) is 37.0 Å². The van der Waals surface area contributed by atoms with Crippen LogP contribution in [0.25, 0.3) is 0 Å². The zero-order valence-electron chi connectivity index (χ0n) is 15.1. The van der Waals surface area contributed by atoms with Gasteiger partial charge in [-0.1, -0.05) is 23.7 Å². The second-order valence-corrected chi connectivity index (χ2v) is 7.65. The lowest BCUT2D eigenvalue weighted by molar-refractivity contribution is -0.122. The zero-order valence-corrected chi connectivity index (χ0v) is 15.9. The molecule has 0 saturated heterocycles. The molecule has 0 spiro atoms. The molecule has 8 heteroatoms. The molecule has 0 radical (unpaired) electrons. The molecule has 2 aromatic rings. The minimum absolute atomic E-state index is 0.0731. The van der Waals surface area contributed by atoms with Crippen LogP contribution in [0.4, 0.5) is 0 Å². The second kappa shape index (κ2) is 8.35. The largest absolute Gasteiger partial charge is 0.508 e. The third-order valence-corrected chi connectivity index (χ3v) is 5.27. The van der Waals surface area contributed by atoms with Crippen molar-refractivity contribution in [1.82, 2.24) is 5.32 Å². The fourth-order valence-electron chi connectivity index (χ4n) is 3.19. The van der Waals surface area contributed by atoms with Gasteiger partial charge in [-0.3, -0.25) is 9.59 Å².